The van der Waals surface area contributed by atoms with Crippen LogP contribution in [0.2, 0.25) is 0 Å². The minimum absolute atomic E-state index is 0.254. The van der Waals surface area contributed by atoms with E-state index in [2.05, 4.69) is 27.5 Å². The molecule has 0 saturated carbocycles. The fourth-order valence-corrected chi connectivity index (χ4v) is 2.95. The highest BCUT2D eigenvalue weighted by atomic mass is 16.5. The first-order valence-corrected chi connectivity index (χ1v) is 9.28. The molecule has 0 bridgehead atoms. The monoisotopic (exact) mass is 376 g/mol. The minimum Gasteiger partial charge on any atom is -0.496 e. The van der Waals surface area contributed by atoms with Crippen molar-refractivity contribution in [2.75, 3.05) is 24.3 Å². The van der Waals surface area contributed by atoms with Gasteiger partial charge in [-0.25, -0.2) is 9.97 Å². The van der Waals surface area contributed by atoms with Crippen LogP contribution in [-0.4, -0.2) is 29.5 Å². The number of ether oxygens (including phenoxy) is 1. The maximum Gasteiger partial charge on any atom is 0.274 e. The summed E-state index contributed by atoms with van der Waals surface area (Å²) in [4.78, 5) is 20.9. The van der Waals surface area contributed by atoms with E-state index in [0.717, 1.165) is 35.4 Å². The van der Waals surface area contributed by atoms with Crippen molar-refractivity contribution in [3.63, 3.8) is 0 Å². The predicted octanol–water partition coefficient (Wildman–Crippen LogP) is 3.95. The molecule has 3 aromatic rings. The third-order valence-corrected chi connectivity index (χ3v) is 4.44. The van der Waals surface area contributed by atoms with E-state index < -0.39 is 0 Å². The molecular formula is C22H24N4O2. The molecule has 0 aliphatic carbocycles. The topological polar surface area (TPSA) is 76.1 Å². The van der Waals surface area contributed by atoms with Gasteiger partial charge in [-0.2, -0.15) is 0 Å². The number of benzene rings is 2. The second-order valence-corrected chi connectivity index (χ2v) is 6.24. The minimum atomic E-state index is -0.254. The van der Waals surface area contributed by atoms with Gasteiger partial charge < -0.3 is 15.4 Å². The molecule has 2 aromatic carbocycles. The second-order valence-electron chi connectivity index (χ2n) is 6.24. The SMILES string of the molecule is CCc1ccccc1NC(=O)c1cc(NCCc2ccccc2OC)ncn1. The Kier molecular flexibility index (Phi) is 6.57. The molecule has 2 N–H and O–H groups in total. The van der Waals surface area contributed by atoms with Crippen LogP contribution in [0.4, 0.5) is 11.5 Å². The standard InChI is InChI=1S/C22H24N4O2/c1-3-16-8-4-6-10-18(16)26-22(27)19-14-21(25-15-24-19)23-13-12-17-9-5-7-11-20(17)28-2/h4-11,14-15H,3,12-13H2,1-2H3,(H,26,27)(H,23,24,25). The molecule has 0 atom stereocenters. The van der Waals surface area contributed by atoms with Gasteiger partial charge in [-0.1, -0.05) is 43.3 Å². The van der Waals surface area contributed by atoms with Gasteiger partial charge in [-0.05, 0) is 36.1 Å². The van der Waals surface area contributed by atoms with Gasteiger partial charge in [0.05, 0.1) is 7.11 Å². The van der Waals surface area contributed by atoms with Gasteiger partial charge in [-0.3, -0.25) is 4.79 Å². The molecule has 0 unspecified atom stereocenters. The average Bonchev–Trinajstić information content (AvgIpc) is 2.74. The lowest BCUT2D eigenvalue weighted by molar-refractivity contribution is 0.102. The molecule has 1 heterocycles. The summed E-state index contributed by atoms with van der Waals surface area (Å²) >= 11 is 0. The Balaban J connectivity index is 1.62. The van der Waals surface area contributed by atoms with E-state index in [9.17, 15) is 4.79 Å². The summed E-state index contributed by atoms with van der Waals surface area (Å²) in [6.45, 7) is 2.72. The molecule has 1 amide bonds. The van der Waals surface area contributed by atoms with E-state index in [1.54, 1.807) is 13.2 Å². The third kappa shape index (κ3) is 4.85. The van der Waals surface area contributed by atoms with E-state index in [1.165, 1.54) is 6.33 Å². The Morgan fingerprint density at radius 2 is 1.79 bits per heavy atom. The molecule has 6 nitrogen and oxygen atoms in total. The van der Waals surface area contributed by atoms with Crippen LogP contribution in [0.25, 0.3) is 0 Å². The summed E-state index contributed by atoms with van der Waals surface area (Å²) in [6.07, 6.45) is 3.02. The van der Waals surface area contributed by atoms with E-state index in [4.69, 9.17) is 4.74 Å². The second kappa shape index (κ2) is 9.50. The Morgan fingerprint density at radius 3 is 2.57 bits per heavy atom. The van der Waals surface area contributed by atoms with Gasteiger partial charge in [0.2, 0.25) is 0 Å². The Bertz CT molecular complexity index is 943. The van der Waals surface area contributed by atoms with Crippen molar-refractivity contribution in [1.29, 1.82) is 0 Å². The zero-order chi connectivity index (χ0) is 19.8. The normalized spacial score (nSPS) is 10.4. The number of hydrogen-bond donors (Lipinski definition) is 2. The van der Waals surface area contributed by atoms with Gasteiger partial charge >= 0.3 is 0 Å². The van der Waals surface area contributed by atoms with E-state index in [0.29, 0.717) is 18.1 Å². The van der Waals surface area contributed by atoms with Crippen molar-refractivity contribution in [1.82, 2.24) is 9.97 Å². The maximum atomic E-state index is 12.6. The van der Waals surface area contributed by atoms with Crippen molar-refractivity contribution in [2.24, 2.45) is 0 Å². The van der Waals surface area contributed by atoms with Gasteiger partial charge in [0.25, 0.3) is 5.91 Å². The fourth-order valence-electron chi connectivity index (χ4n) is 2.95. The zero-order valence-electron chi connectivity index (χ0n) is 16.1. The van der Waals surface area contributed by atoms with E-state index in [-0.39, 0.29) is 5.91 Å². The molecule has 0 aliphatic rings. The highest BCUT2D eigenvalue weighted by molar-refractivity contribution is 6.03. The Hall–Kier alpha value is -3.41. The number of aromatic nitrogens is 2. The molecule has 0 aliphatic heterocycles. The van der Waals surface area contributed by atoms with Crippen molar-refractivity contribution in [3.8, 4) is 5.75 Å². The number of aryl methyl sites for hydroxylation is 1. The van der Waals surface area contributed by atoms with E-state index in [1.807, 2.05) is 48.5 Å². The van der Waals surface area contributed by atoms with Crippen molar-refractivity contribution in [3.05, 3.63) is 77.7 Å². The third-order valence-electron chi connectivity index (χ3n) is 4.44. The average molecular weight is 376 g/mol. The number of anilines is 2. The van der Waals surface area contributed by atoms with Crippen LogP contribution in [0.15, 0.2) is 60.9 Å². The molecule has 0 radical (unpaired) electrons. The molecule has 6 heteroatoms. The van der Waals surface area contributed by atoms with Crippen LogP contribution in [-0.2, 0) is 12.8 Å². The number of nitrogens with one attached hydrogen (secondary N) is 2. The summed E-state index contributed by atoms with van der Waals surface area (Å²) in [5.41, 5.74) is 3.32. The summed E-state index contributed by atoms with van der Waals surface area (Å²) < 4.78 is 5.37. The van der Waals surface area contributed by atoms with Gasteiger partial charge in [-0.15, -0.1) is 0 Å². The first-order valence-electron chi connectivity index (χ1n) is 9.28. The molecule has 28 heavy (non-hydrogen) atoms. The first-order chi connectivity index (χ1) is 13.7. The van der Waals surface area contributed by atoms with Crippen molar-refractivity contribution in [2.45, 2.75) is 19.8 Å². The van der Waals surface area contributed by atoms with Crippen LogP contribution < -0.4 is 15.4 Å². The number of hydrogen-bond acceptors (Lipinski definition) is 5. The van der Waals surface area contributed by atoms with Crippen LogP contribution in [0.3, 0.4) is 0 Å². The largest absolute Gasteiger partial charge is 0.496 e. The highest BCUT2D eigenvalue weighted by Gasteiger charge is 2.11. The van der Waals surface area contributed by atoms with Crippen molar-refractivity contribution >= 4 is 17.4 Å². The number of carbonyl (C=O) groups is 1. The molecular weight excluding hydrogens is 352 g/mol. The molecule has 0 saturated heterocycles. The Labute approximate surface area is 165 Å². The fraction of sp³-hybridized carbons (Fsp3) is 0.227. The maximum absolute atomic E-state index is 12.6. The van der Waals surface area contributed by atoms with Crippen LogP contribution >= 0.6 is 0 Å². The molecule has 1 aromatic heterocycles. The zero-order valence-corrected chi connectivity index (χ0v) is 16.1. The Morgan fingerprint density at radius 1 is 1.04 bits per heavy atom. The number of methoxy groups -OCH3 is 1. The summed E-state index contributed by atoms with van der Waals surface area (Å²) in [5, 5.41) is 6.17. The lowest BCUT2D eigenvalue weighted by Crippen LogP contribution is -2.16. The molecule has 144 valence electrons. The van der Waals surface area contributed by atoms with Gasteiger partial charge in [0.1, 0.15) is 23.6 Å². The van der Waals surface area contributed by atoms with E-state index >= 15 is 0 Å². The van der Waals surface area contributed by atoms with Crippen LogP contribution in [0.1, 0.15) is 28.5 Å². The number of nitrogens with zero attached hydrogens (tertiary/aromatic N) is 2. The summed E-state index contributed by atoms with van der Waals surface area (Å²) in [5.74, 6) is 1.22. The van der Waals surface area contributed by atoms with Gasteiger partial charge in [0, 0.05) is 18.3 Å². The smallest absolute Gasteiger partial charge is 0.274 e. The summed E-state index contributed by atoms with van der Waals surface area (Å²) in [6, 6.07) is 17.3. The predicted molar refractivity (Wildman–Crippen MR) is 111 cm³/mol. The highest BCUT2D eigenvalue weighted by Crippen LogP contribution is 2.18. The number of carbonyl (C=O) groups excluding carboxylic acids is 1. The van der Waals surface area contributed by atoms with Gasteiger partial charge in [0.15, 0.2) is 0 Å². The lowest BCUT2D eigenvalue weighted by atomic mass is 10.1. The first kappa shape index (κ1) is 19.4. The summed E-state index contributed by atoms with van der Waals surface area (Å²) in [7, 11) is 1.66. The number of rotatable bonds is 8. The molecule has 3 rings (SSSR count). The van der Waals surface area contributed by atoms with Crippen molar-refractivity contribution < 1.29 is 9.53 Å². The molecule has 0 fully saturated rings. The molecule has 0 spiro atoms. The quantitative estimate of drug-likeness (QED) is 0.622. The lowest BCUT2D eigenvalue weighted by Gasteiger charge is -2.11. The number of para-hydroxylation sites is 2. The number of amides is 1. The van der Waals surface area contributed by atoms with Crippen LogP contribution in [0, 0.1) is 0 Å². The van der Waals surface area contributed by atoms with Crippen LogP contribution in [0.5, 0.6) is 5.75 Å².